The highest BCUT2D eigenvalue weighted by Crippen LogP contribution is 2.37. The van der Waals surface area contributed by atoms with Gasteiger partial charge < -0.3 is 19.9 Å². The van der Waals surface area contributed by atoms with Gasteiger partial charge in [-0.2, -0.15) is 4.72 Å². The molecule has 8 nitrogen and oxygen atoms in total. The second kappa shape index (κ2) is 7.28. The van der Waals surface area contributed by atoms with Gasteiger partial charge in [-0.05, 0) is 23.8 Å². The number of aromatic amines is 1. The van der Waals surface area contributed by atoms with E-state index in [1.54, 1.807) is 19.2 Å². The van der Waals surface area contributed by atoms with Gasteiger partial charge in [-0.1, -0.05) is 18.2 Å². The number of nitrogens with one attached hydrogen (secondary N) is 3. The van der Waals surface area contributed by atoms with Crippen molar-refractivity contribution >= 4 is 32.5 Å². The monoisotopic (exact) mass is 440 g/mol. The fourth-order valence-electron chi connectivity index (χ4n) is 4.48. The zero-order valence-electron chi connectivity index (χ0n) is 17.1. The summed E-state index contributed by atoms with van der Waals surface area (Å²) < 4.78 is 33.7. The van der Waals surface area contributed by atoms with E-state index in [4.69, 9.17) is 4.74 Å². The number of carbonyl (C=O) groups excluding carboxylic acids is 1. The van der Waals surface area contributed by atoms with Crippen molar-refractivity contribution in [1.29, 1.82) is 0 Å². The smallest absolute Gasteiger partial charge is 0.244 e. The van der Waals surface area contributed by atoms with Crippen molar-refractivity contribution in [3.8, 4) is 5.75 Å². The maximum atomic E-state index is 12.9. The molecule has 1 fully saturated rings. The molecule has 9 heteroatoms. The number of sulfonamides is 1. The molecule has 3 heterocycles. The van der Waals surface area contributed by atoms with E-state index in [1.165, 1.54) is 6.07 Å². The number of para-hydroxylation sites is 1. The lowest BCUT2D eigenvalue weighted by Crippen LogP contribution is -2.62. The molecular weight excluding hydrogens is 416 g/mol. The maximum Gasteiger partial charge on any atom is 0.244 e. The van der Waals surface area contributed by atoms with Crippen LogP contribution in [0.3, 0.4) is 0 Å². The minimum atomic E-state index is -3.65. The third-order valence-electron chi connectivity index (χ3n) is 6.17. The van der Waals surface area contributed by atoms with Crippen molar-refractivity contribution in [3.05, 3.63) is 54.2 Å². The average Bonchev–Trinajstić information content (AvgIpc) is 3.16. The van der Waals surface area contributed by atoms with Gasteiger partial charge in [-0.3, -0.25) is 4.79 Å². The number of H-pyrrole nitrogens is 1. The first-order valence-electron chi connectivity index (χ1n) is 10.2. The number of ether oxygens (including phenoxy) is 1. The van der Waals surface area contributed by atoms with Gasteiger partial charge in [0.2, 0.25) is 15.9 Å². The Kier molecular flexibility index (Phi) is 4.67. The van der Waals surface area contributed by atoms with Gasteiger partial charge in [0.1, 0.15) is 16.3 Å². The van der Waals surface area contributed by atoms with E-state index in [1.807, 2.05) is 35.4 Å². The van der Waals surface area contributed by atoms with Gasteiger partial charge in [-0.15, -0.1) is 0 Å². The van der Waals surface area contributed by atoms with Gasteiger partial charge >= 0.3 is 0 Å². The Morgan fingerprint density at radius 3 is 2.71 bits per heavy atom. The number of fused-ring (bicyclic) bond motifs is 2. The quantitative estimate of drug-likeness (QED) is 0.580. The fraction of sp³-hybridized carbons (Fsp3) is 0.318. The second-order valence-corrected chi connectivity index (χ2v) is 9.74. The summed E-state index contributed by atoms with van der Waals surface area (Å²) in [4.78, 5) is 18.1. The molecule has 0 aliphatic carbocycles. The number of benzene rings is 2. The highest BCUT2D eigenvalue weighted by Gasteiger charge is 2.43. The summed E-state index contributed by atoms with van der Waals surface area (Å²) in [6, 6.07) is 12.8. The highest BCUT2D eigenvalue weighted by atomic mass is 32.2. The molecule has 0 atom stereocenters. The molecule has 2 aliphatic rings. The molecule has 0 bridgehead atoms. The van der Waals surface area contributed by atoms with Crippen LogP contribution in [-0.4, -0.2) is 50.1 Å². The SMILES string of the molecule is COc1ccc2c(c1)NC1(CCN(C(=O)Cc3c[nH]c4ccccc34)CC1)NS2(=O)=O. The van der Waals surface area contributed by atoms with Crippen LogP contribution in [0.15, 0.2) is 53.6 Å². The molecule has 1 saturated heterocycles. The molecule has 162 valence electrons. The molecule has 5 rings (SSSR count). The Bertz CT molecular complexity index is 1260. The Morgan fingerprint density at radius 2 is 1.94 bits per heavy atom. The number of carbonyl (C=O) groups is 1. The number of piperidine rings is 1. The topological polar surface area (TPSA) is 104 Å². The minimum Gasteiger partial charge on any atom is -0.497 e. The molecule has 2 aliphatic heterocycles. The van der Waals surface area contributed by atoms with Crippen LogP contribution in [0.2, 0.25) is 0 Å². The molecule has 0 saturated carbocycles. The lowest BCUT2D eigenvalue weighted by atomic mass is 9.96. The zero-order valence-corrected chi connectivity index (χ0v) is 18.0. The Balaban J connectivity index is 1.31. The van der Waals surface area contributed by atoms with E-state index < -0.39 is 15.7 Å². The van der Waals surface area contributed by atoms with Gasteiger partial charge in [-0.25, -0.2) is 8.42 Å². The second-order valence-electron chi connectivity index (χ2n) is 8.09. The Hall–Kier alpha value is -3.04. The molecule has 1 aromatic heterocycles. The van der Waals surface area contributed by atoms with Crippen LogP contribution in [0.1, 0.15) is 18.4 Å². The van der Waals surface area contributed by atoms with Crippen LogP contribution >= 0.6 is 0 Å². The van der Waals surface area contributed by atoms with Crippen LogP contribution in [0.25, 0.3) is 10.9 Å². The number of rotatable bonds is 3. The molecule has 3 N–H and O–H groups in total. The van der Waals surface area contributed by atoms with Crippen molar-refractivity contribution in [3.63, 3.8) is 0 Å². The van der Waals surface area contributed by atoms with Crippen molar-refractivity contribution in [1.82, 2.24) is 14.6 Å². The van der Waals surface area contributed by atoms with Crippen LogP contribution in [0.5, 0.6) is 5.75 Å². The molecule has 0 unspecified atom stereocenters. The summed E-state index contributed by atoms with van der Waals surface area (Å²) in [7, 11) is -2.11. The van der Waals surface area contributed by atoms with E-state index in [0.717, 1.165) is 16.5 Å². The fourth-order valence-corrected chi connectivity index (χ4v) is 6.01. The average molecular weight is 441 g/mol. The predicted molar refractivity (Wildman–Crippen MR) is 117 cm³/mol. The van der Waals surface area contributed by atoms with Gasteiger partial charge in [0, 0.05) is 49.1 Å². The number of nitrogens with zero attached hydrogens (tertiary/aromatic N) is 1. The highest BCUT2D eigenvalue weighted by molar-refractivity contribution is 7.89. The van der Waals surface area contributed by atoms with Crippen molar-refractivity contribution < 1.29 is 17.9 Å². The number of likely N-dealkylation sites (tertiary alicyclic amines) is 1. The first-order valence-corrected chi connectivity index (χ1v) is 11.7. The standard InChI is InChI=1S/C22H24N4O4S/c1-30-16-6-7-20-19(13-16)24-22(25-31(20,28)29)8-10-26(11-9-22)21(27)12-15-14-23-18-5-3-2-4-17(15)18/h2-7,13-14,23-25H,8-12H2,1H3. The summed E-state index contributed by atoms with van der Waals surface area (Å²) >= 11 is 0. The largest absolute Gasteiger partial charge is 0.497 e. The molecule has 1 spiro atoms. The van der Waals surface area contributed by atoms with E-state index in [9.17, 15) is 13.2 Å². The third kappa shape index (κ3) is 3.53. The first-order chi connectivity index (χ1) is 14.9. The molecule has 3 aromatic rings. The van der Waals surface area contributed by atoms with Gasteiger partial charge in [0.15, 0.2) is 0 Å². The number of aromatic nitrogens is 1. The van der Waals surface area contributed by atoms with E-state index in [-0.39, 0.29) is 10.8 Å². The molecule has 31 heavy (non-hydrogen) atoms. The van der Waals surface area contributed by atoms with Crippen molar-refractivity contribution in [2.45, 2.75) is 29.8 Å². The number of hydrogen-bond acceptors (Lipinski definition) is 5. The van der Waals surface area contributed by atoms with Crippen molar-refractivity contribution in [2.75, 3.05) is 25.5 Å². The number of anilines is 1. The predicted octanol–water partition coefficient (Wildman–Crippen LogP) is 2.44. The summed E-state index contributed by atoms with van der Waals surface area (Å²) in [5, 5.41) is 4.41. The van der Waals surface area contributed by atoms with E-state index in [0.29, 0.717) is 43.8 Å². The Labute approximate surface area is 180 Å². The van der Waals surface area contributed by atoms with Crippen LogP contribution in [-0.2, 0) is 21.2 Å². The zero-order chi connectivity index (χ0) is 21.6. The lowest BCUT2D eigenvalue weighted by Gasteiger charge is -2.45. The summed E-state index contributed by atoms with van der Waals surface area (Å²) in [6.07, 6.45) is 3.15. The maximum absolute atomic E-state index is 12.9. The molecule has 0 radical (unpaired) electrons. The number of methoxy groups -OCH3 is 1. The van der Waals surface area contributed by atoms with Gasteiger partial charge in [0.05, 0.1) is 19.2 Å². The summed E-state index contributed by atoms with van der Waals surface area (Å²) in [5.41, 5.74) is 1.70. The minimum absolute atomic E-state index is 0.0420. The third-order valence-corrected chi connectivity index (χ3v) is 7.76. The molecular formula is C22H24N4O4S. The van der Waals surface area contributed by atoms with Crippen LogP contribution in [0.4, 0.5) is 5.69 Å². The number of amides is 1. The Morgan fingerprint density at radius 1 is 1.16 bits per heavy atom. The lowest BCUT2D eigenvalue weighted by molar-refractivity contribution is -0.131. The van der Waals surface area contributed by atoms with Crippen molar-refractivity contribution in [2.24, 2.45) is 0 Å². The van der Waals surface area contributed by atoms with Crippen LogP contribution < -0.4 is 14.8 Å². The first kappa shape index (κ1) is 19.9. The van der Waals surface area contributed by atoms with E-state index in [2.05, 4.69) is 15.0 Å². The molecule has 2 aromatic carbocycles. The molecule has 1 amide bonds. The summed E-state index contributed by atoms with van der Waals surface area (Å²) in [5.74, 6) is 0.630. The summed E-state index contributed by atoms with van der Waals surface area (Å²) in [6.45, 7) is 0.937. The normalized spacial score (nSPS) is 19.1. The number of hydrogen-bond donors (Lipinski definition) is 3. The van der Waals surface area contributed by atoms with E-state index >= 15 is 0 Å². The van der Waals surface area contributed by atoms with Gasteiger partial charge in [0.25, 0.3) is 0 Å². The van der Waals surface area contributed by atoms with Crippen LogP contribution in [0, 0.1) is 0 Å².